The highest BCUT2D eigenvalue weighted by molar-refractivity contribution is 7.78. The zero-order valence-corrected chi connectivity index (χ0v) is 15.8. The molecule has 0 unspecified atom stereocenters. The van der Waals surface area contributed by atoms with E-state index >= 15 is 0 Å². The van der Waals surface area contributed by atoms with Crippen molar-refractivity contribution in [2.24, 2.45) is 10.9 Å². The molecule has 0 atom stereocenters. The summed E-state index contributed by atoms with van der Waals surface area (Å²) in [6.07, 6.45) is 3.66. The molecule has 3 aromatic rings. The van der Waals surface area contributed by atoms with Gasteiger partial charge in [-0.2, -0.15) is 4.99 Å². The van der Waals surface area contributed by atoms with Gasteiger partial charge in [-0.3, -0.25) is 0 Å². The lowest BCUT2D eigenvalue weighted by atomic mass is 10.0. The summed E-state index contributed by atoms with van der Waals surface area (Å²) in [6, 6.07) is 10.9. The fourth-order valence-electron chi connectivity index (χ4n) is 3.03. The van der Waals surface area contributed by atoms with Gasteiger partial charge in [0.15, 0.2) is 11.6 Å². The first-order valence-corrected chi connectivity index (χ1v) is 9.73. The van der Waals surface area contributed by atoms with Gasteiger partial charge in [0.1, 0.15) is 11.5 Å². The van der Waals surface area contributed by atoms with Crippen LogP contribution in [0.25, 0.3) is 21.6 Å². The summed E-state index contributed by atoms with van der Waals surface area (Å²) < 4.78 is 42.7. The second-order valence-electron chi connectivity index (χ2n) is 6.60. The Hall–Kier alpha value is -2.27. The van der Waals surface area contributed by atoms with Gasteiger partial charge < -0.3 is 0 Å². The van der Waals surface area contributed by atoms with Crippen LogP contribution in [0.2, 0.25) is 0 Å². The number of benzene rings is 2. The third-order valence-electron chi connectivity index (χ3n) is 4.59. The fourth-order valence-corrected chi connectivity index (χ4v) is 4.23. The van der Waals surface area contributed by atoms with Gasteiger partial charge in [-0.15, -0.1) is 11.3 Å². The Labute approximate surface area is 164 Å². The van der Waals surface area contributed by atoms with Gasteiger partial charge in [0, 0.05) is 15.3 Å². The molecule has 1 heterocycles. The van der Waals surface area contributed by atoms with Gasteiger partial charge in [-0.25, -0.2) is 13.2 Å². The van der Waals surface area contributed by atoms with Crippen molar-refractivity contribution in [1.29, 1.82) is 0 Å². The van der Waals surface area contributed by atoms with Gasteiger partial charge in [0.2, 0.25) is 0 Å². The van der Waals surface area contributed by atoms with Crippen LogP contribution < -0.4 is 0 Å². The first-order chi connectivity index (χ1) is 13.0. The summed E-state index contributed by atoms with van der Waals surface area (Å²) in [5.41, 5.74) is 0.473. The SMILES string of the molecule is Fc1cc(-c2ccc(CC3CC3)s2)ccc1-c1cc(F)c(N=C=S)c(F)c1. The lowest BCUT2D eigenvalue weighted by molar-refractivity contribution is 0.588. The lowest BCUT2D eigenvalue weighted by Gasteiger charge is -2.08. The van der Waals surface area contributed by atoms with E-state index in [0.717, 1.165) is 34.9 Å². The van der Waals surface area contributed by atoms with Crippen molar-refractivity contribution in [2.75, 3.05) is 0 Å². The van der Waals surface area contributed by atoms with Crippen LogP contribution in [0, 0.1) is 23.4 Å². The summed E-state index contributed by atoms with van der Waals surface area (Å²) in [4.78, 5) is 5.65. The number of aliphatic imine (C=N–C) groups is 1. The summed E-state index contributed by atoms with van der Waals surface area (Å²) in [7, 11) is 0. The van der Waals surface area contributed by atoms with Crippen molar-refractivity contribution in [3.8, 4) is 21.6 Å². The molecule has 136 valence electrons. The Morgan fingerprint density at radius 1 is 0.963 bits per heavy atom. The van der Waals surface area contributed by atoms with Crippen LogP contribution in [0.4, 0.5) is 18.9 Å². The Morgan fingerprint density at radius 2 is 1.67 bits per heavy atom. The molecule has 4 rings (SSSR count). The first-order valence-electron chi connectivity index (χ1n) is 8.51. The summed E-state index contributed by atoms with van der Waals surface area (Å²) >= 11 is 6.04. The smallest absolute Gasteiger partial charge is 0.153 e. The fraction of sp³-hybridized carbons (Fsp3) is 0.190. The zero-order valence-electron chi connectivity index (χ0n) is 14.1. The normalized spacial score (nSPS) is 13.4. The van der Waals surface area contributed by atoms with E-state index in [1.165, 1.54) is 23.8 Å². The minimum Gasteiger partial charge on any atom is -0.206 e. The molecule has 0 N–H and O–H groups in total. The van der Waals surface area contributed by atoms with E-state index in [9.17, 15) is 13.2 Å². The van der Waals surface area contributed by atoms with E-state index < -0.39 is 23.1 Å². The standard InChI is InChI=1S/C21H14F3NS2/c22-17-8-13(20-6-4-15(27-20)7-12-1-2-12)3-5-16(17)14-9-18(23)21(25-11-26)19(24)10-14/h3-6,8-10,12H,1-2,7H2. The molecule has 6 heteroatoms. The maximum atomic E-state index is 14.7. The van der Waals surface area contributed by atoms with Crippen molar-refractivity contribution in [3.05, 3.63) is 64.8 Å². The summed E-state index contributed by atoms with van der Waals surface area (Å²) in [5, 5.41) is 1.93. The molecule has 27 heavy (non-hydrogen) atoms. The van der Waals surface area contributed by atoms with Crippen molar-refractivity contribution in [2.45, 2.75) is 19.3 Å². The van der Waals surface area contributed by atoms with Gasteiger partial charge in [-0.05, 0) is 78.9 Å². The molecule has 0 spiro atoms. The minimum atomic E-state index is -0.909. The largest absolute Gasteiger partial charge is 0.206 e. The highest BCUT2D eigenvalue weighted by Crippen LogP contribution is 2.38. The average molecular weight is 401 g/mol. The van der Waals surface area contributed by atoms with Gasteiger partial charge in [0.25, 0.3) is 0 Å². The molecular weight excluding hydrogens is 387 g/mol. The van der Waals surface area contributed by atoms with E-state index in [4.69, 9.17) is 0 Å². The molecule has 1 fully saturated rings. The van der Waals surface area contributed by atoms with Crippen molar-refractivity contribution in [3.63, 3.8) is 0 Å². The Kier molecular flexibility index (Phi) is 4.96. The number of halogens is 3. The predicted octanol–water partition coefficient (Wildman–Crippen LogP) is 7.19. The third kappa shape index (κ3) is 3.88. The summed E-state index contributed by atoms with van der Waals surface area (Å²) in [5.74, 6) is -1.55. The second-order valence-corrected chi connectivity index (χ2v) is 7.95. The first kappa shape index (κ1) is 18.1. The number of hydrogen-bond acceptors (Lipinski definition) is 3. The van der Waals surface area contributed by atoms with Crippen molar-refractivity contribution < 1.29 is 13.2 Å². The Bertz CT molecular complexity index is 1040. The molecule has 0 saturated heterocycles. The lowest BCUT2D eigenvalue weighted by Crippen LogP contribution is -1.90. The maximum Gasteiger partial charge on any atom is 0.153 e. The van der Waals surface area contributed by atoms with Crippen LogP contribution in [0.15, 0.2) is 47.5 Å². The number of rotatable bonds is 5. The molecular formula is C21H14F3NS2. The molecule has 0 amide bonds. The van der Waals surface area contributed by atoms with Gasteiger partial charge in [0.05, 0.1) is 5.16 Å². The van der Waals surface area contributed by atoms with Crippen LogP contribution in [0.5, 0.6) is 0 Å². The van der Waals surface area contributed by atoms with E-state index in [1.807, 2.05) is 11.2 Å². The van der Waals surface area contributed by atoms with Crippen molar-refractivity contribution in [1.82, 2.24) is 0 Å². The quantitative estimate of drug-likeness (QED) is 0.326. The average Bonchev–Trinajstić information content (AvgIpc) is 3.32. The number of thiophene rings is 1. The van der Waals surface area contributed by atoms with Crippen molar-refractivity contribution >= 4 is 34.4 Å². The van der Waals surface area contributed by atoms with Gasteiger partial charge >= 0.3 is 0 Å². The second kappa shape index (κ2) is 7.39. The van der Waals surface area contributed by atoms with Gasteiger partial charge in [-0.1, -0.05) is 12.1 Å². The van der Waals surface area contributed by atoms with Crippen LogP contribution >= 0.6 is 23.6 Å². The van der Waals surface area contributed by atoms with E-state index in [-0.39, 0.29) is 11.1 Å². The molecule has 1 aliphatic rings. The molecule has 1 aromatic heterocycles. The highest BCUT2D eigenvalue weighted by Gasteiger charge is 2.22. The van der Waals surface area contributed by atoms with E-state index in [0.29, 0.717) is 0 Å². The molecule has 0 bridgehead atoms. The molecule has 2 aromatic carbocycles. The Morgan fingerprint density at radius 3 is 2.30 bits per heavy atom. The minimum absolute atomic E-state index is 0.109. The van der Waals surface area contributed by atoms with Crippen LogP contribution in [0.1, 0.15) is 17.7 Å². The van der Waals surface area contributed by atoms with Crippen LogP contribution in [-0.2, 0) is 6.42 Å². The number of nitrogens with zero attached hydrogens (tertiary/aromatic N) is 1. The molecule has 1 saturated carbocycles. The molecule has 0 aliphatic heterocycles. The predicted molar refractivity (Wildman–Crippen MR) is 106 cm³/mol. The number of hydrogen-bond donors (Lipinski definition) is 0. The van der Waals surface area contributed by atoms with Crippen LogP contribution in [-0.4, -0.2) is 5.16 Å². The monoisotopic (exact) mass is 401 g/mol. The Balaban J connectivity index is 1.65. The molecule has 0 radical (unpaired) electrons. The highest BCUT2D eigenvalue weighted by atomic mass is 32.1. The third-order valence-corrected chi connectivity index (χ3v) is 5.84. The van der Waals surface area contributed by atoms with E-state index in [2.05, 4.69) is 23.3 Å². The van der Waals surface area contributed by atoms with Crippen LogP contribution in [0.3, 0.4) is 0 Å². The molecule has 1 nitrogen and oxygen atoms in total. The topological polar surface area (TPSA) is 12.4 Å². The number of isothiocyanates is 1. The number of thiocarbonyl (C=S) groups is 1. The maximum absolute atomic E-state index is 14.7. The summed E-state index contributed by atoms with van der Waals surface area (Å²) in [6.45, 7) is 0. The zero-order chi connectivity index (χ0) is 19.0. The molecule has 1 aliphatic carbocycles. The van der Waals surface area contributed by atoms with E-state index in [1.54, 1.807) is 23.5 Å².